The molecule has 0 aromatic rings. The third-order valence-electron chi connectivity index (χ3n) is 6.05. The SMILES string of the molecule is CCCCCCCCC(CCCCCCCC)OC(=O)CCCCCCNCCCO. The molecule has 0 rings (SSSR count). The first kappa shape index (κ1) is 30.4. The highest BCUT2D eigenvalue weighted by molar-refractivity contribution is 5.69. The van der Waals surface area contributed by atoms with Crippen LogP contribution < -0.4 is 5.32 Å². The molecule has 186 valence electrons. The minimum Gasteiger partial charge on any atom is -0.462 e. The van der Waals surface area contributed by atoms with Crippen LogP contribution in [0.25, 0.3) is 0 Å². The molecule has 0 fully saturated rings. The van der Waals surface area contributed by atoms with E-state index >= 15 is 0 Å². The molecule has 0 aliphatic heterocycles. The van der Waals surface area contributed by atoms with Crippen LogP contribution in [0.5, 0.6) is 0 Å². The maximum Gasteiger partial charge on any atom is 0.306 e. The van der Waals surface area contributed by atoms with E-state index in [0.717, 1.165) is 58.0 Å². The summed E-state index contributed by atoms with van der Waals surface area (Å²) in [6.45, 7) is 6.66. The second-order valence-corrected chi connectivity index (χ2v) is 9.22. The van der Waals surface area contributed by atoms with Crippen molar-refractivity contribution in [2.45, 2.75) is 148 Å². The summed E-state index contributed by atoms with van der Waals surface area (Å²) < 4.78 is 5.90. The third kappa shape index (κ3) is 23.9. The minimum absolute atomic E-state index is 0.0167. The average Bonchev–Trinajstić information content (AvgIpc) is 2.77. The van der Waals surface area contributed by atoms with Gasteiger partial charge in [0.2, 0.25) is 0 Å². The highest BCUT2D eigenvalue weighted by atomic mass is 16.5. The summed E-state index contributed by atoms with van der Waals surface area (Å²) in [5.41, 5.74) is 0. The molecule has 0 spiro atoms. The molecule has 31 heavy (non-hydrogen) atoms. The molecule has 4 nitrogen and oxygen atoms in total. The minimum atomic E-state index is 0.0167. The number of carbonyl (C=O) groups is 1. The van der Waals surface area contributed by atoms with Crippen molar-refractivity contribution >= 4 is 5.97 Å². The van der Waals surface area contributed by atoms with Gasteiger partial charge in [-0.15, -0.1) is 0 Å². The van der Waals surface area contributed by atoms with Crippen molar-refractivity contribution in [3.63, 3.8) is 0 Å². The van der Waals surface area contributed by atoms with Crippen LogP contribution >= 0.6 is 0 Å². The van der Waals surface area contributed by atoms with Crippen molar-refractivity contribution < 1.29 is 14.6 Å². The largest absolute Gasteiger partial charge is 0.462 e. The van der Waals surface area contributed by atoms with Gasteiger partial charge in [-0.25, -0.2) is 0 Å². The van der Waals surface area contributed by atoms with Crippen LogP contribution in [-0.4, -0.2) is 36.9 Å². The number of unbranched alkanes of at least 4 members (excludes halogenated alkanes) is 13. The van der Waals surface area contributed by atoms with Crippen LogP contribution in [0.3, 0.4) is 0 Å². The van der Waals surface area contributed by atoms with E-state index in [0.29, 0.717) is 6.42 Å². The Labute approximate surface area is 194 Å². The van der Waals surface area contributed by atoms with Crippen LogP contribution in [0.1, 0.15) is 142 Å². The first-order valence-electron chi connectivity index (χ1n) is 13.8. The molecule has 0 aromatic heterocycles. The van der Waals surface area contributed by atoms with E-state index in [4.69, 9.17) is 9.84 Å². The van der Waals surface area contributed by atoms with Crippen molar-refractivity contribution in [3.05, 3.63) is 0 Å². The Balaban J connectivity index is 3.94. The first-order valence-corrected chi connectivity index (χ1v) is 13.8. The summed E-state index contributed by atoms with van der Waals surface area (Å²) in [4.78, 5) is 12.4. The third-order valence-corrected chi connectivity index (χ3v) is 6.05. The van der Waals surface area contributed by atoms with Gasteiger partial charge in [0.15, 0.2) is 0 Å². The molecule has 2 N–H and O–H groups in total. The van der Waals surface area contributed by atoms with E-state index in [1.807, 2.05) is 0 Å². The Morgan fingerprint density at radius 2 is 1.16 bits per heavy atom. The van der Waals surface area contributed by atoms with E-state index in [2.05, 4.69) is 19.2 Å². The van der Waals surface area contributed by atoms with Crippen LogP contribution in [0.4, 0.5) is 0 Å². The number of carbonyl (C=O) groups excluding carboxylic acids is 1. The Morgan fingerprint density at radius 3 is 1.74 bits per heavy atom. The fourth-order valence-electron chi connectivity index (χ4n) is 4.01. The summed E-state index contributed by atoms with van der Waals surface area (Å²) in [5.74, 6) is 0.0167. The first-order chi connectivity index (χ1) is 15.2. The summed E-state index contributed by atoms with van der Waals surface area (Å²) in [5, 5.41) is 12.1. The Hall–Kier alpha value is -0.610. The summed E-state index contributed by atoms with van der Waals surface area (Å²) in [6, 6.07) is 0. The van der Waals surface area contributed by atoms with Gasteiger partial charge in [0.25, 0.3) is 0 Å². The van der Waals surface area contributed by atoms with Crippen LogP contribution in [0.2, 0.25) is 0 Å². The smallest absolute Gasteiger partial charge is 0.306 e. The van der Waals surface area contributed by atoms with Gasteiger partial charge < -0.3 is 15.2 Å². The Kier molecular flexibility index (Phi) is 25.1. The number of esters is 1. The number of rotatable bonds is 25. The maximum atomic E-state index is 12.4. The standard InChI is InChI=1S/C27H55NO3/c1-3-5-7-9-11-15-20-26(21-16-12-10-8-6-4-2)31-27(30)22-17-13-14-18-23-28-24-19-25-29/h26,28-29H,3-25H2,1-2H3. The lowest BCUT2D eigenvalue weighted by atomic mass is 10.0. The van der Waals surface area contributed by atoms with Gasteiger partial charge in [0.05, 0.1) is 0 Å². The van der Waals surface area contributed by atoms with E-state index < -0.39 is 0 Å². The molecule has 0 aliphatic rings. The maximum absolute atomic E-state index is 12.4. The predicted molar refractivity (Wildman–Crippen MR) is 134 cm³/mol. The molecule has 0 heterocycles. The Bertz CT molecular complexity index is 346. The summed E-state index contributed by atoms with van der Waals surface area (Å²) >= 11 is 0. The van der Waals surface area contributed by atoms with Crippen LogP contribution in [0, 0.1) is 0 Å². The van der Waals surface area contributed by atoms with E-state index in [1.165, 1.54) is 77.0 Å². The molecule has 0 radical (unpaired) electrons. The number of aliphatic hydroxyl groups is 1. The molecule has 0 saturated heterocycles. The van der Waals surface area contributed by atoms with Crippen molar-refractivity contribution in [3.8, 4) is 0 Å². The zero-order valence-corrected chi connectivity index (χ0v) is 21.1. The highest BCUT2D eigenvalue weighted by Gasteiger charge is 2.14. The molecule has 0 atom stereocenters. The monoisotopic (exact) mass is 441 g/mol. The molecular formula is C27H55NO3. The van der Waals surface area contributed by atoms with Gasteiger partial charge in [-0.1, -0.05) is 90.9 Å². The van der Waals surface area contributed by atoms with E-state index in [9.17, 15) is 4.79 Å². The number of hydrogen-bond donors (Lipinski definition) is 2. The second-order valence-electron chi connectivity index (χ2n) is 9.22. The number of ether oxygens (including phenoxy) is 1. The van der Waals surface area contributed by atoms with E-state index in [-0.39, 0.29) is 18.7 Å². The molecule has 0 bridgehead atoms. The predicted octanol–water partition coefficient (Wildman–Crippen LogP) is 7.32. The van der Waals surface area contributed by atoms with Crippen molar-refractivity contribution in [2.75, 3.05) is 19.7 Å². The zero-order chi connectivity index (χ0) is 22.8. The molecule has 0 aliphatic carbocycles. The number of hydrogen-bond acceptors (Lipinski definition) is 4. The highest BCUT2D eigenvalue weighted by Crippen LogP contribution is 2.18. The zero-order valence-electron chi connectivity index (χ0n) is 21.1. The van der Waals surface area contributed by atoms with Crippen molar-refractivity contribution in [1.29, 1.82) is 0 Å². The normalized spacial score (nSPS) is 11.4. The molecule has 0 aromatic carbocycles. The van der Waals surface area contributed by atoms with Gasteiger partial charge in [-0.2, -0.15) is 0 Å². The molecule has 4 heteroatoms. The van der Waals surface area contributed by atoms with Gasteiger partial charge >= 0.3 is 5.97 Å². The van der Waals surface area contributed by atoms with Crippen molar-refractivity contribution in [2.24, 2.45) is 0 Å². The van der Waals surface area contributed by atoms with Crippen molar-refractivity contribution in [1.82, 2.24) is 5.32 Å². The quantitative estimate of drug-likeness (QED) is 0.115. The second kappa shape index (κ2) is 25.6. The topological polar surface area (TPSA) is 58.6 Å². The molecule has 0 saturated carbocycles. The molecule has 0 unspecified atom stereocenters. The average molecular weight is 442 g/mol. The van der Waals surface area contributed by atoms with Gasteiger partial charge in [0.1, 0.15) is 6.10 Å². The molecular weight excluding hydrogens is 386 g/mol. The van der Waals surface area contributed by atoms with E-state index in [1.54, 1.807) is 0 Å². The lowest BCUT2D eigenvalue weighted by Gasteiger charge is -2.18. The fourth-order valence-corrected chi connectivity index (χ4v) is 4.01. The fraction of sp³-hybridized carbons (Fsp3) is 0.963. The summed E-state index contributed by atoms with van der Waals surface area (Å²) in [7, 11) is 0. The summed E-state index contributed by atoms with van der Waals surface area (Å²) in [6.07, 6.45) is 23.5. The Morgan fingerprint density at radius 1 is 0.677 bits per heavy atom. The van der Waals surface area contributed by atoms with Gasteiger partial charge in [0, 0.05) is 13.0 Å². The van der Waals surface area contributed by atoms with Crippen LogP contribution in [0.15, 0.2) is 0 Å². The van der Waals surface area contributed by atoms with Gasteiger partial charge in [-0.3, -0.25) is 4.79 Å². The molecule has 0 amide bonds. The number of nitrogens with one attached hydrogen (secondary N) is 1. The lowest BCUT2D eigenvalue weighted by molar-refractivity contribution is -0.150. The van der Waals surface area contributed by atoms with Gasteiger partial charge in [-0.05, 0) is 58.0 Å². The van der Waals surface area contributed by atoms with Crippen LogP contribution in [-0.2, 0) is 9.53 Å². The number of aliphatic hydroxyl groups excluding tert-OH is 1. The lowest BCUT2D eigenvalue weighted by Crippen LogP contribution is -2.18.